The molecular weight excluding hydrogens is 404 g/mol. The van der Waals surface area contributed by atoms with Gasteiger partial charge in [-0.2, -0.15) is 0 Å². The van der Waals surface area contributed by atoms with E-state index >= 15 is 0 Å². The highest BCUT2D eigenvalue weighted by molar-refractivity contribution is 6.15. The first-order valence-corrected chi connectivity index (χ1v) is 11.9. The summed E-state index contributed by atoms with van der Waals surface area (Å²) >= 11 is 0. The van der Waals surface area contributed by atoms with Crippen LogP contribution in [-0.2, 0) is 17.9 Å². The van der Waals surface area contributed by atoms with Crippen LogP contribution in [0, 0.1) is 6.92 Å². The van der Waals surface area contributed by atoms with Gasteiger partial charge in [0.2, 0.25) is 5.69 Å². The van der Waals surface area contributed by atoms with Gasteiger partial charge in [0.1, 0.15) is 18.2 Å². The van der Waals surface area contributed by atoms with E-state index in [0.717, 1.165) is 16.6 Å². The van der Waals surface area contributed by atoms with Gasteiger partial charge in [-0.3, -0.25) is 4.98 Å². The fraction of sp³-hybridized carbons (Fsp3) is 0.333. The lowest BCUT2D eigenvalue weighted by molar-refractivity contribution is -0.660. The summed E-state index contributed by atoms with van der Waals surface area (Å²) < 4.78 is 8.98. The Hall–Kier alpha value is -3.20. The van der Waals surface area contributed by atoms with Crippen molar-refractivity contribution in [2.24, 2.45) is 7.05 Å². The fourth-order valence-electron chi connectivity index (χ4n) is 6.20. The van der Waals surface area contributed by atoms with Crippen molar-refractivity contribution in [2.75, 3.05) is 0 Å². The third-order valence-corrected chi connectivity index (χ3v) is 7.96. The first kappa shape index (κ1) is 20.4. The van der Waals surface area contributed by atoms with Gasteiger partial charge >= 0.3 is 0 Å². The second-order valence-electron chi connectivity index (χ2n) is 11.1. The Balaban J connectivity index is 1.91. The van der Waals surface area contributed by atoms with Crippen LogP contribution in [0.15, 0.2) is 59.4 Å². The predicted molar refractivity (Wildman–Crippen MR) is 136 cm³/mol. The van der Waals surface area contributed by atoms with E-state index < -0.39 is 0 Å². The highest BCUT2D eigenvalue weighted by Gasteiger charge is 2.42. The van der Waals surface area contributed by atoms with E-state index in [2.05, 4.69) is 93.8 Å². The monoisotopic (exact) mass is 435 g/mol. The first-order valence-electron chi connectivity index (χ1n) is 11.9. The molecule has 3 aromatic heterocycles. The number of hydrogen-bond donors (Lipinski definition) is 0. The van der Waals surface area contributed by atoms with Gasteiger partial charge in [-0.15, -0.1) is 0 Å². The molecule has 5 aromatic rings. The van der Waals surface area contributed by atoms with Crippen LogP contribution in [0.5, 0.6) is 0 Å². The summed E-state index contributed by atoms with van der Waals surface area (Å²) in [6.45, 7) is 11.9. The van der Waals surface area contributed by atoms with Crippen molar-refractivity contribution < 1.29 is 8.98 Å². The van der Waals surface area contributed by atoms with Crippen molar-refractivity contribution >= 4 is 32.7 Å². The van der Waals surface area contributed by atoms with Gasteiger partial charge in [0.15, 0.2) is 6.20 Å². The topological polar surface area (TPSA) is 29.9 Å². The zero-order chi connectivity index (χ0) is 23.1. The minimum absolute atomic E-state index is 0.0786. The Kier molecular flexibility index (Phi) is 4.12. The molecule has 0 saturated heterocycles. The number of aromatic nitrogens is 2. The number of pyridine rings is 2. The quantitative estimate of drug-likeness (QED) is 0.259. The Morgan fingerprint density at radius 3 is 2.45 bits per heavy atom. The minimum Gasteiger partial charge on any atom is -0.455 e. The maximum Gasteiger partial charge on any atom is 0.216 e. The number of aryl methyl sites for hydroxylation is 1. The number of rotatable bonds is 1. The van der Waals surface area contributed by atoms with Crippen molar-refractivity contribution in [1.29, 1.82) is 0 Å². The van der Waals surface area contributed by atoms with E-state index in [9.17, 15) is 0 Å². The van der Waals surface area contributed by atoms with Crippen molar-refractivity contribution in [3.05, 3.63) is 71.7 Å². The molecule has 1 aliphatic rings. The number of hydrogen-bond acceptors (Lipinski definition) is 2. The largest absolute Gasteiger partial charge is 0.455 e. The lowest BCUT2D eigenvalue weighted by Crippen LogP contribution is -2.36. The van der Waals surface area contributed by atoms with E-state index in [1.807, 2.05) is 12.4 Å². The van der Waals surface area contributed by atoms with Crippen LogP contribution in [0.3, 0.4) is 0 Å². The van der Waals surface area contributed by atoms with Crippen LogP contribution in [0.1, 0.15) is 57.2 Å². The second-order valence-corrected chi connectivity index (χ2v) is 11.1. The van der Waals surface area contributed by atoms with Gasteiger partial charge in [-0.05, 0) is 76.9 Å². The number of nitrogens with zero attached hydrogens (tertiary/aromatic N) is 2. The van der Waals surface area contributed by atoms with Crippen LogP contribution in [0.2, 0.25) is 0 Å². The molecule has 0 spiro atoms. The van der Waals surface area contributed by atoms with E-state index in [1.165, 1.54) is 56.9 Å². The maximum atomic E-state index is 6.77. The van der Waals surface area contributed by atoms with Crippen LogP contribution < -0.4 is 4.57 Å². The smallest absolute Gasteiger partial charge is 0.216 e. The number of furan rings is 1. The summed E-state index contributed by atoms with van der Waals surface area (Å²) in [5.74, 6) is 0. The van der Waals surface area contributed by atoms with Crippen molar-refractivity contribution in [3.63, 3.8) is 0 Å². The zero-order valence-electron chi connectivity index (χ0n) is 20.4. The van der Waals surface area contributed by atoms with Crippen molar-refractivity contribution in [2.45, 2.75) is 58.3 Å². The molecule has 0 bridgehead atoms. The molecule has 166 valence electrons. The van der Waals surface area contributed by atoms with Crippen LogP contribution >= 0.6 is 0 Å². The van der Waals surface area contributed by atoms with E-state index in [0.29, 0.717) is 0 Å². The van der Waals surface area contributed by atoms with Crippen LogP contribution in [0.4, 0.5) is 0 Å². The highest BCUT2D eigenvalue weighted by Crippen LogP contribution is 2.54. The molecule has 0 amide bonds. The van der Waals surface area contributed by atoms with Gasteiger partial charge in [0.25, 0.3) is 0 Å². The summed E-state index contributed by atoms with van der Waals surface area (Å²) in [4.78, 5) is 4.33. The highest BCUT2D eigenvalue weighted by atomic mass is 16.3. The first-order chi connectivity index (χ1) is 15.7. The molecule has 6 rings (SSSR count). The van der Waals surface area contributed by atoms with Crippen LogP contribution in [-0.4, -0.2) is 4.98 Å². The van der Waals surface area contributed by atoms with Crippen molar-refractivity contribution in [3.8, 4) is 11.3 Å². The molecule has 33 heavy (non-hydrogen) atoms. The molecule has 1 aliphatic carbocycles. The SMILES string of the molecule is Cc1c2c(c3c(oc4cc5cnccc5cc43)c1-c1cccc[n+]1C)C(C)(C)CCC2(C)C. The Morgan fingerprint density at radius 1 is 0.939 bits per heavy atom. The van der Waals surface area contributed by atoms with E-state index in [1.54, 1.807) is 0 Å². The molecule has 0 fully saturated rings. The van der Waals surface area contributed by atoms with Gasteiger partial charge in [-0.25, -0.2) is 4.57 Å². The van der Waals surface area contributed by atoms with Crippen molar-refractivity contribution in [1.82, 2.24) is 4.98 Å². The van der Waals surface area contributed by atoms with Crippen LogP contribution in [0.25, 0.3) is 44.0 Å². The average Bonchev–Trinajstić information content (AvgIpc) is 3.13. The number of fused-ring (bicyclic) bond motifs is 6. The van der Waals surface area contributed by atoms with Gasteiger partial charge in [0.05, 0.1) is 5.56 Å². The molecular formula is C30H31N2O+. The zero-order valence-corrected chi connectivity index (χ0v) is 20.4. The summed E-state index contributed by atoms with van der Waals surface area (Å²) in [6, 6.07) is 13.0. The Bertz CT molecular complexity index is 1590. The standard InChI is InChI=1S/C30H31N2O/c1-18-24(22-9-7-8-14-32(22)6)28-25(27-26(18)29(2,3)11-12-30(27,4)5)21-15-19-10-13-31-17-20(19)16-23(21)33-28/h7-10,13-17H,11-12H2,1-6H3/q+1. The third-order valence-electron chi connectivity index (χ3n) is 7.96. The maximum absolute atomic E-state index is 6.77. The molecule has 0 saturated carbocycles. The average molecular weight is 436 g/mol. The molecule has 3 heteroatoms. The summed E-state index contributed by atoms with van der Waals surface area (Å²) in [5.41, 5.74) is 8.87. The molecule has 0 unspecified atom stereocenters. The van der Waals surface area contributed by atoms with Gasteiger partial charge in [-0.1, -0.05) is 27.7 Å². The van der Waals surface area contributed by atoms with Gasteiger partial charge in [0, 0.05) is 40.7 Å². The molecule has 3 nitrogen and oxygen atoms in total. The van der Waals surface area contributed by atoms with E-state index in [-0.39, 0.29) is 10.8 Å². The summed E-state index contributed by atoms with van der Waals surface area (Å²) in [5, 5.41) is 4.82. The molecule has 0 atom stereocenters. The fourth-order valence-corrected chi connectivity index (χ4v) is 6.20. The van der Waals surface area contributed by atoms with E-state index in [4.69, 9.17) is 4.42 Å². The molecule has 0 aliphatic heterocycles. The predicted octanol–water partition coefficient (Wildman–Crippen LogP) is 7.28. The second kappa shape index (κ2) is 6.66. The normalized spacial score (nSPS) is 17.0. The summed E-state index contributed by atoms with van der Waals surface area (Å²) in [6.07, 6.45) is 8.28. The lowest BCUT2D eigenvalue weighted by atomic mass is 9.60. The lowest BCUT2D eigenvalue weighted by Gasteiger charge is -2.43. The molecule has 0 radical (unpaired) electrons. The van der Waals surface area contributed by atoms with Gasteiger partial charge < -0.3 is 4.42 Å². The molecule has 3 heterocycles. The molecule has 2 aromatic carbocycles. The summed E-state index contributed by atoms with van der Waals surface area (Å²) in [7, 11) is 2.12. The Morgan fingerprint density at radius 2 is 1.70 bits per heavy atom. The third kappa shape index (κ3) is 2.81. The minimum atomic E-state index is 0.0786. The number of benzene rings is 2. The Labute approximate surface area is 195 Å². The molecule has 0 N–H and O–H groups in total.